The second-order valence-corrected chi connectivity index (χ2v) is 5.06. The predicted octanol–water partition coefficient (Wildman–Crippen LogP) is 2.19. The van der Waals surface area contributed by atoms with Crippen LogP contribution >= 0.6 is 0 Å². The van der Waals surface area contributed by atoms with Gasteiger partial charge in [-0.3, -0.25) is 4.55 Å². The number of hydrogen-bond donors (Lipinski definition) is 2. The maximum atomic E-state index is 11.3. The second kappa shape index (κ2) is 4.47. The van der Waals surface area contributed by atoms with Gasteiger partial charge in [0.2, 0.25) is 0 Å². The summed E-state index contributed by atoms with van der Waals surface area (Å²) >= 11 is 0. The fourth-order valence-electron chi connectivity index (χ4n) is 1.83. The minimum Gasteiger partial charge on any atom is -0.507 e. The second-order valence-electron chi connectivity index (χ2n) is 3.67. The average molecular weight is 268 g/mol. The lowest BCUT2D eigenvalue weighted by Crippen LogP contribution is -2.00. The molecule has 0 aliphatic carbocycles. The van der Waals surface area contributed by atoms with E-state index in [9.17, 15) is 13.5 Å². The van der Waals surface area contributed by atoms with Gasteiger partial charge in [0.25, 0.3) is 10.1 Å². The van der Waals surface area contributed by atoms with E-state index in [0.29, 0.717) is 12.4 Å². The highest BCUT2D eigenvalue weighted by atomic mass is 32.2. The number of rotatable bonds is 3. The third kappa shape index (κ3) is 2.12. The number of fused-ring (bicyclic) bond motifs is 1. The first-order valence-electron chi connectivity index (χ1n) is 5.30. The Balaban J connectivity index is 2.88. The van der Waals surface area contributed by atoms with Crippen molar-refractivity contribution in [2.45, 2.75) is 11.8 Å². The highest BCUT2D eigenvalue weighted by Gasteiger charge is 2.17. The minimum absolute atomic E-state index is 0.0959. The Morgan fingerprint density at radius 3 is 2.56 bits per heavy atom. The van der Waals surface area contributed by atoms with Crippen LogP contribution in [0.4, 0.5) is 0 Å². The van der Waals surface area contributed by atoms with Gasteiger partial charge in [-0.1, -0.05) is 12.1 Å². The third-order valence-electron chi connectivity index (χ3n) is 2.52. The van der Waals surface area contributed by atoms with Crippen LogP contribution in [0.25, 0.3) is 10.8 Å². The topological polar surface area (TPSA) is 83.8 Å². The summed E-state index contributed by atoms with van der Waals surface area (Å²) in [4.78, 5) is -0.253. The van der Waals surface area contributed by atoms with E-state index < -0.39 is 10.1 Å². The monoisotopic (exact) mass is 268 g/mol. The van der Waals surface area contributed by atoms with Crippen molar-refractivity contribution in [1.82, 2.24) is 0 Å². The van der Waals surface area contributed by atoms with Crippen molar-refractivity contribution in [3.63, 3.8) is 0 Å². The summed E-state index contributed by atoms with van der Waals surface area (Å²) in [7, 11) is -4.34. The first-order chi connectivity index (χ1) is 8.45. The summed E-state index contributed by atoms with van der Waals surface area (Å²) in [6.45, 7) is 2.16. The molecule has 2 aromatic carbocycles. The Morgan fingerprint density at radius 2 is 1.94 bits per heavy atom. The molecular weight excluding hydrogens is 256 g/mol. The van der Waals surface area contributed by atoms with Crippen molar-refractivity contribution in [2.75, 3.05) is 6.61 Å². The van der Waals surface area contributed by atoms with Gasteiger partial charge in [-0.05, 0) is 25.1 Å². The maximum Gasteiger partial charge on any atom is 0.295 e. The zero-order valence-corrected chi connectivity index (χ0v) is 10.4. The molecular formula is C12H12O5S. The van der Waals surface area contributed by atoms with Crippen molar-refractivity contribution >= 4 is 20.9 Å². The first-order valence-corrected chi connectivity index (χ1v) is 6.74. The Labute approximate surface area is 104 Å². The smallest absolute Gasteiger partial charge is 0.295 e. The molecule has 0 radical (unpaired) electrons. The summed E-state index contributed by atoms with van der Waals surface area (Å²) in [5, 5.41) is 10.3. The Hall–Kier alpha value is -1.79. The average Bonchev–Trinajstić information content (AvgIpc) is 2.28. The molecule has 2 aromatic rings. The van der Waals surface area contributed by atoms with E-state index in [4.69, 9.17) is 9.29 Å². The molecule has 0 aliphatic heterocycles. The number of phenolic OH excluding ortho intramolecular Hbond substituents is 1. The van der Waals surface area contributed by atoms with E-state index in [0.717, 1.165) is 6.07 Å². The SMILES string of the molecule is CCOc1cccc2c(S(=O)(=O)O)ccc(O)c12. The van der Waals surface area contributed by atoms with Crippen LogP contribution in [0.1, 0.15) is 6.92 Å². The van der Waals surface area contributed by atoms with Crippen molar-refractivity contribution in [3.8, 4) is 11.5 Å². The van der Waals surface area contributed by atoms with Crippen LogP contribution in [0, 0.1) is 0 Å². The number of ether oxygens (including phenoxy) is 1. The molecule has 18 heavy (non-hydrogen) atoms. The lowest BCUT2D eigenvalue weighted by Gasteiger charge is -2.10. The highest BCUT2D eigenvalue weighted by molar-refractivity contribution is 7.86. The van der Waals surface area contributed by atoms with Crippen LogP contribution in [0.2, 0.25) is 0 Å². The molecule has 0 fully saturated rings. The van der Waals surface area contributed by atoms with Gasteiger partial charge in [0.1, 0.15) is 16.4 Å². The molecule has 0 amide bonds. The lowest BCUT2D eigenvalue weighted by molar-refractivity contribution is 0.343. The van der Waals surface area contributed by atoms with E-state index in [1.54, 1.807) is 19.1 Å². The summed E-state index contributed by atoms with van der Waals surface area (Å²) in [5.41, 5.74) is 0. The standard InChI is InChI=1S/C12H12O5S/c1-2-17-10-5-3-4-8-11(18(14,15)16)7-6-9(13)12(8)10/h3-7,13H,2H2,1H3,(H,14,15,16). The summed E-state index contributed by atoms with van der Waals surface area (Å²) in [6.07, 6.45) is 0. The zero-order valence-electron chi connectivity index (χ0n) is 9.62. The molecule has 2 rings (SSSR count). The van der Waals surface area contributed by atoms with Crippen molar-refractivity contribution in [2.24, 2.45) is 0 Å². The molecule has 0 aliphatic rings. The quantitative estimate of drug-likeness (QED) is 0.834. The van der Waals surface area contributed by atoms with Gasteiger partial charge in [-0.2, -0.15) is 8.42 Å². The van der Waals surface area contributed by atoms with Crippen LogP contribution in [0.3, 0.4) is 0 Å². The summed E-state index contributed by atoms with van der Waals surface area (Å²) in [6, 6.07) is 7.10. The van der Waals surface area contributed by atoms with E-state index in [1.807, 2.05) is 0 Å². The Morgan fingerprint density at radius 1 is 1.22 bits per heavy atom. The van der Waals surface area contributed by atoms with Crippen molar-refractivity contribution in [3.05, 3.63) is 30.3 Å². The Kier molecular flexibility index (Phi) is 3.14. The summed E-state index contributed by atoms with van der Waals surface area (Å²) in [5.74, 6) is 0.277. The van der Waals surface area contributed by atoms with E-state index in [-0.39, 0.29) is 21.4 Å². The molecule has 0 saturated heterocycles. The minimum atomic E-state index is -4.34. The fraction of sp³-hybridized carbons (Fsp3) is 0.167. The van der Waals surface area contributed by atoms with E-state index >= 15 is 0 Å². The largest absolute Gasteiger partial charge is 0.507 e. The molecule has 0 saturated carbocycles. The van der Waals surface area contributed by atoms with Crippen LogP contribution in [-0.4, -0.2) is 24.7 Å². The molecule has 0 bridgehead atoms. The van der Waals surface area contributed by atoms with Gasteiger partial charge in [-0.25, -0.2) is 0 Å². The molecule has 0 aromatic heterocycles. The Bertz CT molecular complexity index is 691. The zero-order chi connectivity index (χ0) is 13.3. The molecule has 96 valence electrons. The lowest BCUT2D eigenvalue weighted by atomic mass is 10.1. The van der Waals surface area contributed by atoms with E-state index in [1.165, 1.54) is 12.1 Å². The maximum absolute atomic E-state index is 11.3. The van der Waals surface area contributed by atoms with E-state index in [2.05, 4.69) is 0 Å². The number of benzene rings is 2. The highest BCUT2D eigenvalue weighted by Crippen LogP contribution is 2.36. The van der Waals surface area contributed by atoms with Crippen LogP contribution in [-0.2, 0) is 10.1 Å². The number of aromatic hydroxyl groups is 1. The fourth-order valence-corrected chi connectivity index (χ4v) is 2.52. The van der Waals surface area contributed by atoms with Gasteiger partial charge in [0, 0.05) is 5.39 Å². The van der Waals surface area contributed by atoms with Gasteiger partial charge in [-0.15, -0.1) is 0 Å². The third-order valence-corrected chi connectivity index (χ3v) is 3.43. The van der Waals surface area contributed by atoms with Gasteiger partial charge >= 0.3 is 0 Å². The van der Waals surface area contributed by atoms with Gasteiger partial charge in [0.15, 0.2) is 0 Å². The first kappa shape index (κ1) is 12.7. The molecule has 2 N–H and O–H groups in total. The molecule has 0 atom stereocenters. The van der Waals surface area contributed by atoms with Gasteiger partial charge < -0.3 is 9.84 Å². The predicted molar refractivity (Wildman–Crippen MR) is 66.6 cm³/mol. The van der Waals surface area contributed by atoms with Crippen LogP contribution in [0.15, 0.2) is 35.2 Å². The van der Waals surface area contributed by atoms with Crippen LogP contribution in [0.5, 0.6) is 11.5 Å². The molecule has 5 nitrogen and oxygen atoms in total. The van der Waals surface area contributed by atoms with Crippen molar-refractivity contribution in [1.29, 1.82) is 0 Å². The number of phenols is 1. The molecule has 0 unspecified atom stereocenters. The number of hydrogen-bond acceptors (Lipinski definition) is 4. The van der Waals surface area contributed by atoms with Crippen molar-refractivity contribution < 1.29 is 22.8 Å². The normalized spacial score (nSPS) is 11.7. The summed E-state index contributed by atoms with van der Waals surface area (Å²) < 4.78 is 37.0. The molecule has 0 heterocycles. The van der Waals surface area contributed by atoms with Crippen LogP contribution < -0.4 is 4.74 Å². The van der Waals surface area contributed by atoms with Gasteiger partial charge in [0.05, 0.1) is 12.0 Å². The molecule has 0 spiro atoms. The molecule has 6 heteroatoms.